The number of carbonyl (C=O) groups is 1. The van der Waals surface area contributed by atoms with Crippen LogP contribution >= 0.6 is 15.9 Å². The molecule has 0 spiro atoms. The molecule has 1 saturated heterocycles. The van der Waals surface area contributed by atoms with Crippen molar-refractivity contribution in [3.05, 3.63) is 28.2 Å². The molecule has 1 aliphatic heterocycles. The molecule has 0 saturated carbocycles. The van der Waals surface area contributed by atoms with Crippen molar-refractivity contribution in [1.29, 1.82) is 0 Å². The van der Waals surface area contributed by atoms with Crippen LogP contribution in [0.3, 0.4) is 0 Å². The number of halogens is 1. The Hall–Kier alpha value is -1.07. The summed E-state index contributed by atoms with van der Waals surface area (Å²) >= 11 is 3.59. The lowest BCUT2D eigenvalue weighted by Gasteiger charge is -2.21. The van der Waals surface area contributed by atoms with Gasteiger partial charge in [-0.2, -0.15) is 0 Å². The molecular weight excluding hydrogens is 320 g/mol. The van der Waals surface area contributed by atoms with Crippen LogP contribution in [0.15, 0.2) is 22.7 Å². The van der Waals surface area contributed by atoms with Crippen LogP contribution in [0.5, 0.6) is 5.75 Å². The average Bonchev–Trinajstić information content (AvgIpc) is 2.67. The van der Waals surface area contributed by atoms with Gasteiger partial charge in [0, 0.05) is 44.1 Å². The summed E-state index contributed by atoms with van der Waals surface area (Å²) in [5, 5.41) is 0. The van der Waals surface area contributed by atoms with E-state index in [9.17, 15) is 4.79 Å². The molecule has 0 unspecified atom stereocenters. The van der Waals surface area contributed by atoms with Crippen LogP contribution in [0.25, 0.3) is 0 Å². The lowest BCUT2D eigenvalue weighted by atomic mass is 10.2. The monoisotopic (exact) mass is 340 g/mol. The van der Waals surface area contributed by atoms with Gasteiger partial charge in [-0.05, 0) is 30.2 Å². The third-order valence-electron chi connectivity index (χ3n) is 3.68. The number of hydrogen-bond donors (Lipinski definition) is 0. The van der Waals surface area contributed by atoms with Crippen molar-refractivity contribution in [2.24, 2.45) is 0 Å². The zero-order valence-corrected chi connectivity index (χ0v) is 13.6. The number of rotatable bonds is 3. The van der Waals surface area contributed by atoms with E-state index in [0.29, 0.717) is 0 Å². The molecule has 0 N–H and O–H groups in total. The van der Waals surface area contributed by atoms with Gasteiger partial charge >= 0.3 is 0 Å². The minimum Gasteiger partial charge on any atom is -0.497 e. The van der Waals surface area contributed by atoms with Gasteiger partial charge in [0.15, 0.2) is 0 Å². The van der Waals surface area contributed by atoms with Crippen LogP contribution in [-0.4, -0.2) is 49.0 Å². The SMILES string of the molecule is COc1ccc(Br)c(CN2CCCN(C(C)=O)CC2)c1. The Morgan fingerprint density at radius 1 is 1.30 bits per heavy atom. The maximum atomic E-state index is 11.4. The van der Waals surface area contributed by atoms with Crippen molar-refractivity contribution in [3.63, 3.8) is 0 Å². The number of benzene rings is 1. The van der Waals surface area contributed by atoms with Crippen molar-refractivity contribution in [1.82, 2.24) is 9.80 Å². The van der Waals surface area contributed by atoms with Crippen molar-refractivity contribution < 1.29 is 9.53 Å². The van der Waals surface area contributed by atoms with Crippen molar-refractivity contribution in [2.75, 3.05) is 33.3 Å². The lowest BCUT2D eigenvalue weighted by Crippen LogP contribution is -2.33. The van der Waals surface area contributed by atoms with E-state index in [-0.39, 0.29) is 5.91 Å². The van der Waals surface area contributed by atoms with Gasteiger partial charge in [0.1, 0.15) is 5.75 Å². The van der Waals surface area contributed by atoms with E-state index >= 15 is 0 Å². The van der Waals surface area contributed by atoms with E-state index in [4.69, 9.17) is 4.74 Å². The van der Waals surface area contributed by atoms with E-state index in [1.165, 1.54) is 5.56 Å². The molecule has 110 valence electrons. The highest BCUT2D eigenvalue weighted by Gasteiger charge is 2.17. The Morgan fingerprint density at radius 2 is 2.10 bits per heavy atom. The fourth-order valence-electron chi connectivity index (χ4n) is 2.48. The second-order valence-electron chi connectivity index (χ2n) is 5.09. The zero-order valence-electron chi connectivity index (χ0n) is 12.1. The zero-order chi connectivity index (χ0) is 14.5. The summed E-state index contributed by atoms with van der Waals surface area (Å²) in [6.45, 7) is 6.15. The second kappa shape index (κ2) is 7.09. The number of ether oxygens (including phenoxy) is 1. The second-order valence-corrected chi connectivity index (χ2v) is 5.95. The van der Waals surface area contributed by atoms with Gasteiger partial charge < -0.3 is 9.64 Å². The minimum absolute atomic E-state index is 0.175. The van der Waals surface area contributed by atoms with E-state index in [0.717, 1.165) is 49.4 Å². The molecule has 1 aromatic rings. The van der Waals surface area contributed by atoms with Crippen LogP contribution in [0.1, 0.15) is 18.9 Å². The predicted molar refractivity (Wildman–Crippen MR) is 82.8 cm³/mol. The standard InChI is InChI=1S/C15H21BrN2O2/c1-12(19)18-7-3-6-17(8-9-18)11-13-10-14(20-2)4-5-15(13)16/h4-5,10H,3,6-9,11H2,1-2H3. The fraction of sp³-hybridized carbons (Fsp3) is 0.533. The molecule has 0 aliphatic carbocycles. The molecule has 1 amide bonds. The Bertz CT molecular complexity index is 479. The normalized spacial score (nSPS) is 16.9. The molecule has 0 radical (unpaired) electrons. The number of nitrogens with zero attached hydrogens (tertiary/aromatic N) is 2. The van der Waals surface area contributed by atoms with Crippen LogP contribution in [0.2, 0.25) is 0 Å². The number of methoxy groups -OCH3 is 1. The Balaban J connectivity index is 2.01. The first-order valence-corrected chi connectivity index (χ1v) is 7.69. The Morgan fingerprint density at radius 3 is 2.80 bits per heavy atom. The molecule has 20 heavy (non-hydrogen) atoms. The first kappa shape index (κ1) is 15.3. The first-order chi connectivity index (χ1) is 9.60. The molecular formula is C15H21BrN2O2. The van der Waals surface area contributed by atoms with Crippen LogP contribution in [0, 0.1) is 0 Å². The highest BCUT2D eigenvalue weighted by Crippen LogP contribution is 2.24. The molecule has 0 bridgehead atoms. The molecule has 1 aromatic carbocycles. The van der Waals surface area contributed by atoms with Gasteiger partial charge in [-0.1, -0.05) is 15.9 Å². The lowest BCUT2D eigenvalue weighted by molar-refractivity contribution is -0.128. The van der Waals surface area contributed by atoms with E-state index in [2.05, 4.69) is 26.9 Å². The van der Waals surface area contributed by atoms with Crippen LogP contribution in [0.4, 0.5) is 0 Å². The molecule has 1 fully saturated rings. The Labute approximate surface area is 128 Å². The minimum atomic E-state index is 0.175. The summed E-state index contributed by atoms with van der Waals surface area (Å²) < 4.78 is 6.38. The summed E-state index contributed by atoms with van der Waals surface area (Å²) in [7, 11) is 1.68. The molecule has 2 rings (SSSR count). The quantitative estimate of drug-likeness (QED) is 0.847. The smallest absolute Gasteiger partial charge is 0.219 e. The van der Waals surface area contributed by atoms with Crippen molar-refractivity contribution in [2.45, 2.75) is 19.9 Å². The first-order valence-electron chi connectivity index (χ1n) is 6.90. The number of carbonyl (C=O) groups excluding carboxylic acids is 1. The van der Waals surface area contributed by atoms with Crippen molar-refractivity contribution in [3.8, 4) is 5.75 Å². The summed E-state index contributed by atoms with van der Waals surface area (Å²) in [5.74, 6) is 1.05. The summed E-state index contributed by atoms with van der Waals surface area (Å²) in [6.07, 6.45) is 1.03. The summed E-state index contributed by atoms with van der Waals surface area (Å²) in [5.41, 5.74) is 1.22. The van der Waals surface area contributed by atoms with Gasteiger partial charge in [0.05, 0.1) is 7.11 Å². The number of hydrogen-bond acceptors (Lipinski definition) is 3. The topological polar surface area (TPSA) is 32.8 Å². The van der Waals surface area contributed by atoms with Gasteiger partial charge in [-0.3, -0.25) is 9.69 Å². The van der Waals surface area contributed by atoms with E-state index in [1.54, 1.807) is 14.0 Å². The fourth-order valence-corrected chi connectivity index (χ4v) is 2.86. The van der Waals surface area contributed by atoms with Crippen LogP contribution in [-0.2, 0) is 11.3 Å². The van der Waals surface area contributed by atoms with Gasteiger partial charge in [-0.25, -0.2) is 0 Å². The van der Waals surface area contributed by atoms with Crippen molar-refractivity contribution >= 4 is 21.8 Å². The maximum absolute atomic E-state index is 11.4. The molecule has 1 aliphatic rings. The third-order valence-corrected chi connectivity index (χ3v) is 4.45. The number of amides is 1. The average molecular weight is 341 g/mol. The predicted octanol–water partition coefficient (Wildman–Crippen LogP) is 2.51. The highest BCUT2D eigenvalue weighted by molar-refractivity contribution is 9.10. The van der Waals surface area contributed by atoms with Crippen LogP contribution < -0.4 is 4.74 Å². The molecule has 5 heteroatoms. The maximum Gasteiger partial charge on any atom is 0.219 e. The third kappa shape index (κ3) is 3.96. The molecule has 0 aromatic heterocycles. The van der Waals surface area contributed by atoms with E-state index in [1.807, 2.05) is 17.0 Å². The van der Waals surface area contributed by atoms with Gasteiger partial charge in [0.25, 0.3) is 0 Å². The highest BCUT2D eigenvalue weighted by atomic mass is 79.9. The molecule has 0 atom stereocenters. The Kier molecular flexibility index (Phi) is 5.43. The molecule has 4 nitrogen and oxygen atoms in total. The van der Waals surface area contributed by atoms with E-state index < -0.39 is 0 Å². The van der Waals surface area contributed by atoms with Gasteiger partial charge in [-0.15, -0.1) is 0 Å². The largest absolute Gasteiger partial charge is 0.497 e. The summed E-state index contributed by atoms with van der Waals surface area (Å²) in [6, 6.07) is 6.04. The van der Waals surface area contributed by atoms with Gasteiger partial charge in [0.2, 0.25) is 5.91 Å². The summed E-state index contributed by atoms with van der Waals surface area (Å²) in [4.78, 5) is 15.8. The molecule has 1 heterocycles.